The SMILES string of the molecule is CC(C)C(=O)NC(=S)Nc1ccc(N2CCN(C(=O)c3ccco3)CC2)cc1. The number of hydrogen-bond donors (Lipinski definition) is 2. The molecule has 1 aromatic carbocycles. The first-order chi connectivity index (χ1) is 13.4. The number of nitrogens with one attached hydrogen (secondary N) is 2. The zero-order valence-electron chi connectivity index (χ0n) is 16.0. The van der Waals surface area contributed by atoms with Gasteiger partial charge in [0, 0.05) is 43.5 Å². The van der Waals surface area contributed by atoms with Crippen LogP contribution in [0.15, 0.2) is 47.1 Å². The Hall–Kier alpha value is -2.87. The molecular weight excluding hydrogens is 376 g/mol. The molecular formula is C20H24N4O3S. The molecule has 3 rings (SSSR count). The average molecular weight is 401 g/mol. The number of amides is 2. The van der Waals surface area contributed by atoms with E-state index in [0.29, 0.717) is 18.8 Å². The number of thiocarbonyl (C=S) groups is 1. The van der Waals surface area contributed by atoms with Gasteiger partial charge in [0.1, 0.15) is 0 Å². The van der Waals surface area contributed by atoms with E-state index < -0.39 is 0 Å². The van der Waals surface area contributed by atoms with Gasteiger partial charge in [0.15, 0.2) is 10.9 Å². The standard InChI is InChI=1S/C20H24N4O3S/c1-14(2)18(25)22-20(28)21-15-5-7-16(8-6-15)23-9-11-24(12-10-23)19(26)17-4-3-13-27-17/h3-8,13-14H,9-12H2,1-2H3,(H2,21,22,25,28). The van der Waals surface area contributed by atoms with Crippen LogP contribution in [-0.2, 0) is 4.79 Å². The lowest BCUT2D eigenvalue weighted by Crippen LogP contribution is -2.48. The highest BCUT2D eigenvalue weighted by Gasteiger charge is 2.23. The molecule has 1 fully saturated rings. The summed E-state index contributed by atoms with van der Waals surface area (Å²) in [6.45, 7) is 6.42. The van der Waals surface area contributed by atoms with E-state index in [1.54, 1.807) is 17.0 Å². The van der Waals surface area contributed by atoms with Crippen molar-refractivity contribution in [3.8, 4) is 0 Å². The van der Waals surface area contributed by atoms with Crippen molar-refractivity contribution in [3.05, 3.63) is 48.4 Å². The molecule has 0 spiro atoms. The maximum absolute atomic E-state index is 12.3. The molecule has 0 radical (unpaired) electrons. The van der Waals surface area contributed by atoms with Crippen molar-refractivity contribution in [1.82, 2.24) is 10.2 Å². The van der Waals surface area contributed by atoms with Crippen molar-refractivity contribution in [3.63, 3.8) is 0 Å². The average Bonchev–Trinajstić information content (AvgIpc) is 3.23. The van der Waals surface area contributed by atoms with Crippen molar-refractivity contribution in [2.45, 2.75) is 13.8 Å². The molecule has 2 amide bonds. The van der Waals surface area contributed by atoms with E-state index >= 15 is 0 Å². The third-order valence-corrected chi connectivity index (χ3v) is 4.75. The van der Waals surface area contributed by atoms with Crippen molar-refractivity contribution >= 4 is 40.5 Å². The van der Waals surface area contributed by atoms with Crippen molar-refractivity contribution in [2.75, 3.05) is 36.4 Å². The highest BCUT2D eigenvalue weighted by molar-refractivity contribution is 7.80. The minimum atomic E-state index is -0.125. The Labute approximate surface area is 169 Å². The summed E-state index contributed by atoms with van der Waals surface area (Å²) < 4.78 is 5.19. The molecule has 1 aliphatic heterocycles. The lowest BCUT2D eigenvalue weighted by molar-refractivity contribution is -0.122. The number of furan rings is 1. The van der Waals surface area contributed by atoms with Gasteiger partial charge in [0.25, 0.3) is 5.91 Å². The lowest BCUT2D eigenvalue weighted by atomic mass is 10.2. The fourth-order valence-corrected chi connectivity index (χ4v) is 3.12. The van der Waals surface area contributed by atoms with Gasteiger partial charge in [-0.05, 0) is 48.6 Å². The van der Waals surface area contributed by atoms with E-state index in [0.717, 1.165) is 24.5 Å². The van der Waals surface area contributed by atoms with Crippen LogP contribution in [0.5, 0.6) is 0 Å². The summed E-state index contributed by atoms with van der Waals surface area (Å²) >= 11 is 5.16. The highest BCUT2D eigenvalue weighted by Crippen LogP contribution is 2.20. The Bertz CT molecular complexity index is 826. The minimum absolute atomic E-state index is 0.0684. The Morgan fingerprint density at radius 2 is 1.75 bits per heavy atom. The number of piperazine rings is 1. The Morgan fingerprint density at radius 1 is 1.07 bits per heavy atom. The summed E-state index contributed by atoms with van der Waals surface area (Å²) in [6.07, 6.45) is 1.51. The lowest BCUT2D eigenvalue weighted by Gasteiger charge is -2.35. The molecule has 0 atom stereocenters. The summed E-state index contributed by atoms with van der Waals surface area (Å²) in [5.74, 6) is 0.0714. The first kappa shape index (κ1) is 19.9. The fraction of sp³-hybridized carbons (Fsp3) is 0.350. The van der Waals surface area contributed by atoms with E-state index in [9.17, 15) is 9.59 Å². The fourth-order valence-electron chi connectivity index (χ4n) is 2.90. The van der Waals surface area contributed by atoms with Gasteiger partial charge in [-0.15, -0.1) is 0 Å². The quantitative estimate of drug-likeness (QED) is 0.769. The van der Waals surface area contributed by atoms with E-state index in [1.165, 1.54) is 6.26 Å². The number of rotatable bonds is 4. The third kappa shape index (κ3) is 4.89. The molecule has 7 nitrogen and oxygen atoms in total. The van der Waals surface area contributed by atoms with Crippen LogP contribution < -0.4 is 15.5 Å². The topological polar surface area (TPSA) is 77.8 Å². The minimum Gasteiger partial charge on any atom is -0.459 e. The van der Waals surface area contributed by atoms with Gasteiger partial charge in [-0.25, -0.2) is 0 Å². The van der Waals surface area contributed by atoms with Gasteiger partial charge < -0.3 is 24.9 Å². The number of nitrogens with zero attached hydrogens (tertiary/aromatic N) is 2. The Kier molecular flexibility index (Phi) is 6.30. The smallest absolute Gasteiger partial charge is 0.289 e. The summed E-state index contributed by atoms with van der Waals surface area (Å²) in [6, 6.07) is 11.2. The molecule has 28 heavy (non-hydrogen) atoms. The van der Waals surface area contributed by atoms with Gasteiger partial charge >= 0.3 is 0 Å². The largest absolute Gasteiger partial charge is 0.459 e. The number of carbonyl (C=O) groups is 2. The van der Waals surface area contributed by atoms with Gasteiger partial charge in [-0.2, -0.15) is 0 Å². The van der Waals surface area contributed by atoms with Crippen LogP contribution in [0.1, 0.15) is 24.4 Å². The molecule has 1 saturated heterocycles. The molecule has 148 valence electrons. The van der Waals surface area contributed by atoms with Crippen molar-refractivity contribution in [1.29, 1.82) is 0 Å². The molecule has 0 saturated carbocycles. The van der Waals surface area contributed by atoms with Crippen molar-refractivity contribution in [2.24, 2.45) is 5.92 Å². The number of hydrogen-bond acceptors (Lipinski definition) is 5. The normalized spacial score (nSPS) is 14.1. The first-order valence-electron chi connectivity index (χ1n) is 9.23. The molecule has 2 heterocycles. The predicted molar refractivity (Wildman–Crippen MR) is 112 cm³/mol. The number of benzene rings is 1. The van der Waals surface area contributed by atoms with Crippen LogP contribution in [0, 0.1) is 5.92 Å². The molecule has 0 bridgehead atoms. The van der Waals surface area contributed by atoms with Crippen LogP contribution in [0.25, 0.3) is 0 Å². The number of anilines is 2. The molecule has 0 aliphatic carbocycles. The van der Waals surface area contributed by atoms with E-state index in [-0.39, 0.29) is 22.8 Å². The van der Waals surface area contributed by atoms with Crippen LogP contribution in [0.3, 0.4) is 0 Å². The molecule has 0 unspecified atom stereocenters. The van der Waals surface area contributed by atoms with E-state index in [4.69, 9.17) is 16.6 Å². The monoisotopic (exact) mass is 400 g/mol. The second kappa shape index (κ2) is 8.88. The maximum atomic E-state index is 12.3. The van der Waals surface area contributed by atoms with Gasteiger partial charge in [-0.1, -0.05) is 13.8 Å². The van der Waals surface area contributed by atoms with Gasteiger partial charge in [-0.3, -0.25) is 9.59 Å². The Balaban J connectivity index is 1.51. The first-order valence-corrected chi connectivity index (χ1v) is 9.64. The second-order valence-corrected chi connectivity index (χ2v) is 7.31. The number of carbonyl (C=O) groups excluding carboxylic acids is 2. The van der Waals surface area contributed by atoms with Crippen LogP contribution in [0.4, 0.5) is 11.4 Å². The zero-order valence-corrected chi connectivity index (χ0v) is 16.8. The van der Waals surface area contributed by atoms with Crippen LogP contribution in [0.2, 0.25) is 0 Å². The highest BCUT2D eigenvalue weighted by atomic mass is 32.1. The maximum Gasteiger partial charge on any atom is 0.289 e. The zero-order chi connectivity index (χ0) is 20.1. The summed E-state index contributed by atoms with van der Waals surface area (Å²) in [4.78, 5) is 28.0. The Morgan fingerprint density at radius 3 is 2.32 bits per heavy atom. The predicted octanol–water partition coefficient (Wildman–Crippen LogP) is 2.71. The van der Waals surface area contributed by atoms with E-state index in [2.05, 4.69) is 15.5 Å². The van der Waals surface area contributed by atoms with Crippen LogP contribution >= 0.6 is 12.2 Å². The summed E-state index contributed by atoms with van der Waals surface area (Å²) in [5.41, 5.74) is 1.89. The van der Waals surface area contributed by atoms with Gasteiger partial charge in [0.05, 0.1) is 6.26 Å². The molecule has 2 aromatic rings. The van der Waals surface area contributed by atoms with Crippen molar-refractivity contribution < 1.29 is 14.0 Å². The molecule has 1 aromatic heterocycles. The van der Waals surface area contributed by atoms with E-state index in [1.807, 2.05) is 38.1 Å². The second-order valence-electron chi connectivity index (χ2n) is 6.90. The van der Waals surface area contributed by atoms with Gasteiger partial charge in [0.2, 0.25) is 5.91 Å². The molecule has 8 heteroatoms. The summed E-state index contributed by atoms with van der Waals surface area (Å²) in [5, 5.41) is 5.96. The molecule has 1 aliphatic rings. The van der Waals surface area contributed by atoms with Crippen LogP contribution in [-0.4, -0.2) is 48.0 Å². The third-order valence-electron chi connectivity index (χ3n) is 4.55. The summed E-state index contributed by atoms with van der Waals surface area (Å²) in [7, 11) is 0. The molecule has 2 N–H and O–H groups in total.